The summed E-state index contributed by atoms with van der Waals surface area (Å²) in [7, 11) is 0. The van der Waals surface area contributed by atoms with Gasteiger partial charge in [-0.15, -0.1) is 0 Å². The Morgan fingerprint density at radius 1 is 0.577 bits per heavy atom. The van der Waals surface area contributed by atoms with Crippen LogP contribution in [0, 0.1) is 0 Å². The van der Waals surface area contributed by atoms with Crippen LogP contribution in [-0.4, -0.2) is 15.0 Å². The fourth-order valence-corrected chi connectivity index (χ4v) is 3.07. The number of halogens is 2. The average Bonchev–Trinajstić information content (AvgIpc) is 2.71. The average molecular weight is 423 g/mol. The van der Waals surface area contributed by atoms with Gasteiger partial charge in [0.25, 0.3) is 0 Å². The summed E-state index contributed by atoms with van der Waals surface area (Å²) in [4.78, 5) is 14.0. The molecule has 5 heteroatoms. The van der Waals surface area contributed by atoms with E-state index in [1.807, 2.05) is 78.9 Å². The van der Waals surface area contributed by atoms with Gasteiger partial charge in [0.2, 0.25) is 0 Å². The van der Waals surface area contributed by atoms with Gasteiger partial charge in [-0.3, -0.25) is 0 Å². The Hall–Kier alpha value is -2.56. The van der Waals surface area contributed by atoms with Crippen LogP contribution in [0.4, 0.5) is 0 Å². The molecule has 0 spiro atoms. The van der Waals surface area contributed by atoms with Gasteiger partial charge < -0.3 is 0 Å². The third-order valence-corrected chi connectivity index (χ3v) is 5.09. The first-order valence-corrected chi connectivity index (χ1v) is 9.20. The Bertz CT molecular complexity index is 996. The van der Waals surface area contributed by atoms with Crippen molar-refractivity contribution in [2.45, 2.75) is 0 Å². The molecule has 0 saturated carbocycles. The zero-order valence-electron chi connectivity index (χ0n) is 13.6. The van der Waals surface area contributed by atoms with Crippen molar-refractivity contribution >= 4 is 27.5 Å². The molecule has 4 aromatic rings. The van der Waals surface area contributed by atoms with Gasteiger partial charge in [0.15, 0.2) is 17.5 Å². The standard InChI is InChI=1S/C21H13BrClN3/c22-17-13-16(11-12-18(17)23)21-25-19(14-7-3-1-4-8-14)24-20(26-21)15-9-5-2-6-10-15/h1-13H. The van der Waals surface area contributed by atoms with Crippen LogP contribution in [0.25, 0.3) is 34.2 Å². The van der Waals surface area contributed by atoms with Crippen molar-refractivity contribution in [3.05, 3.63) is 88.4 Å². The quantitative estimate of drug-likeness (QED) is 0.389. The first-order valence-electron chi connectivity index (χ1n) is 8.03. The van der Waals surface area contributed by atoms with Crippen LogP contribution in [0.5, 0.6) is 0 Å². The minimum absolute atomic E-state index is 0.607. The van der Waals surface area contributed by atoms with Gasteiger partial charge in [-0.2, -0.15) is 0 Å². The largest absolute Gasteiger partial charge is 0.208 e. The van der Waals surface area contributed by atoms with Crippen molar-refractivity contribution in [3.63, 3.8) is 0 Å². The summed E-state index contributed by atoms with van der Waals surface area (Å²) in [6, 6.07) is 25.5. The van der Waals surface area contributed by atoms with Crippen LogP contribution in [0.15, 0.2) is 83.3 Å². The molecule has 0 N–H and O–H groups in total. The first kappa shape index (κ1) is 16.9. The molecule has 0 atom stereocenters. The first-order chi connectivity index (χ1) is 12.7. The Balaban J connectivity index is 1.92. The topological polar surface area (TPSA) is 38.7 Å². The number of aromatic nitrogens is 3. The van der Waals surface area contributed by atoms with Gasteiger partial charge in [-0.1, -0.05) is 72.3 Å². The van der Waals surface area contributed by atoms with E-state index in [1.165, 1.54) is 0 Å². The number of hydrogen-bond donors (Lipinski definition) is 0. The lowest BCUT2D eigenvalue weighted by molar-refractivity contribution is 1.07. The van der Waals surface area contributed by atoms with Crippen LogP contribution in [0.3, 0.4) is 0 Å². The van der Waals surface area contributed by atoms with Crippen molar-refractivity contribution < 1.29 is 0 Å². The van der Waals surface area contributed by atoms with Gasteiger partial charge in [0.1, 0.15) is 0 Å². The van der Waals surface area contributed by atoms with Crippen molar-refractivity contribution in [2.75, 3.05) is 0 Å². The normalized spacial score (nSPS) is 10.7. The van der Waals surface area contributed by atoms with Crippen LogP contribution in [0.1, 0.15) is 0 Å². The second-order valence-electron chi connectivity index (χ2n) is 5.67. The van der Waals surface area contributed by atoms with Crippen molar-refractivity contribution in [1.29, 1.82) is 0 Å². The molecule has 1 aromatic heterocycles. The molecule has 0 aliphatic rings. The zero-order chi connectivity index (χ0) is 17.9. The highest BCUT2D eigenvalue weighted by molar-refractivity contribution is 9.10. The van der Waals surface area contributed by atoms with Gasteiger partial charge in [-0.05, 0) is 34.1 Å². The van der Waals surface area contributed by atoms with E-state index in [0.717, 1.165) is 21.2 Å². The molecule has 0 aliphatic heterocycles. The zero-order valence-corrected chi connectivity index (χ0v) is 15.9. The molecular formula is C21H13BrClN3. The molecule has 0 aliphatic carbocycles. The monoisotopic (exact) mass is 421 g/mol. The van der Waals surface area contributed by atoms with E-state index in [2.05, 4.69) is 30.9 Å². The highest BCUT2D eigenvalue weighted by atomic mass is 79.9. The fourth-order valence-electron chi connectivity index (χ4n) is 2.57. The minimum atomic E-state index is 0.607. The molecule has 0 bridgehead atoms. The van der Waals surface area contributed by atoms with Gasteiger partial charge >= 0.3 is 0 Å². The maximum atomic E-state index is 6.12. The summed E-state index contributed by atoms with van der Waals surface area (Å²) >= 11 is 9.59. The summed E-state index contributed by atoms with van der Waals surface area (Å²) in [5.41, 5.74) is 2.76. The third-order valence-electron chi connectivity index (χ3n) is 3.88. The SMILES string of the molecule is Clc1ccc(-c2nc(-c3ccccc3)nc(-c3ccccc3)n2)cc1Br. The molecule has 4 rings (SSSR count). The van der Waals surface area contributed by atoms with Crippen LogP contribution in [-0.2, 0) is 0 Å². The lowest BCUT2D eigenvalue weighted by Crippen LogP contribution is -2.00. The molecule has 1 heterocycles. The van der Waals surface area contributed by atoms with Gasteiger partial charge in [0, 0.05) is 21.2 Å². The number of benzene rings is 3. The highest BCUT2D eigenvalue weighted by Gasteiger charge is 2.12. The van der Waals surface area contributed by atoms with E-state index in [4.69, 9.17) is 11.6 Å². The second-order valence-corrected chi connectivity index (χ2v) is 6.93. The van der Waals surface area contributed by atoms with E-state index in [9.17, 15) is 0 Å². The summed E-state index contributed by atoms with van der Waals surface area (Å²) in [6.45, 7) is 0. The smallest absolute Gasteiger partial charge is 0.164 e. The van der Waals surface area contributed by atoms with E-state index in [-0.39, 0.29) is 0 Å². The van der Waals surface area contributed by atoms with Crippen LogP contribution < -0.4 is 0 Å². The predicted octanol–water partition coefficient (Wildman–Crippen LogP) is 6.29. The summed E-state index contributed by atoms with van der Waals surface area (Å²) in [6.07, 6.45) is 0. The second kappa shape index (κ2) is 7.36. The molecule has 0 fully saturated rings. The molecular weight excluding hydrogens is 410 g/mol. The predicted molar refractivity (Wildman–Crippen MR) is 109 cm³/mol. The van der Waals surface area contributed by atoms with Crippen molar-refractivity contribution in [1.82, 2.24) is 15.0 Å². The summed E-state index contributed by atoms with van der Waals surface area (Å²) < 4.78 is 0.805. The number of hydrogen-bond acceptors (Lipinski definition) is 3. The van der Waals surface area contributed by atoms with Crippen molar-refractivity contribution in [2.24, 2.45) is 0 Å². The molecule has 0 unspecified atom stereocenters. The van der Waals surface area contributed by atoms with Crippen LogP contribution >= 0.6 is 27.5 Å². The fraction of sp³-hybridized carbons (Fsp3) is 0. The lowest BCUT2D eigenvalue weighted by atomic mass is 10.1. The molecule has 0 amide bonds. The molecule has 126 valence electrons. The summed E-state index contributed by atoms with van der Waals surface area (Å²) in [5.74, 6) is 1.89. The lowest BCUT2D eigenvalue weighted by Gasteiger charge is -2.08. The van der Waals surface area contributed by atoms with Crippen LogP contribution in [0.2, 0.25) is 5.02 Å². The minimum Gasteiger partial charge on any atom is -0.208 e. The number of rotatable bonds is 3. The Kier molecular flexibility index (Phi) is 4.78. The Morgan fingerprint density at radius 2 is 1.04 bits per heavy atom. The number of nitrogens with zero attached hydrogens (tertiary/aromatic N) is 3. The van der Waals surface area contributed by atoms with E-state index >= 15 is 0 Å². The highest BCUT2D eigenvalue weighted by Crippen LogP contribution is 2.29. The van der Waals surface area contributed by atoms with E-state index in [1.54, 1.807) is 0 Å². The third kappa shape index (κ3) is 3.52. The molecule has 0 radical (unpaired) electrons. The molecule has 3 nitrogen and oxygen atoms in total. The molecule has 26 heavy (non-hydrogen) atoms. The Labute approximate surface area is 164 Å². The summed E-state index contributed by atoms with van der Waals surface area (Å²) in [5, 5.41) is 0.648. The molecule has 0 saturated heterocycles. The maximum Gasteiger partial charge on any atom is 0.164 e. The maximum absolute atomic E-state index is 6.12. The van der Waals surface area contributed by atoms with E-state index < -0.39 is 0 Å². The van der Waals surface area contributed by atoms with Gasteiger partial charge in [0.05, 0.1) is 5.02 Å². The van der Waals surface area contributed by atoms with Crippen molar-refractivity contribution in [3.8, 4) is 34.2 Å². The Morgan fingerprint density at radius 3 is 1.50 bits per heavy atom. The molecule has 3 aromatic carbocycles. The van der Waals surface area contributed by atoms with E-state index in [0.29, 0.717) is 22.5 Å². The van der Waals surface area contributed by atoms with Gasteiger partial charge in [-0.25, -0.2) is 15.0 Å².